The molecule has 0 saturated carbocycles. The molecule has 2 amide bonds. The van der Waals surface area contributed by atoms with Crippen LogP contribution in [-0.2, 0) is 0 Å². The van der Waals surface area contributed by atoms with Crippen molar-refractivity contribution in [2.45, 2.75) is 26.2 Å². The summed E-state index contributed by atoms with van der Waals surface area (Å²) in [6.07, 6.45) is 0.944. The number of thiophene rings is 1. The second kappa shape index (κ2) is 9.88. The Balaban J connectivity index is 0.00000261. The minimum atomic E-state index is -0.186. The first-order valence-electron chi connectivity index (χ1n) is 9.05. The highest BCUT2D eigenvalue weighted by Crippen LogP contribution is 2.26. The number of benzene rings is 1. The van der Waals surface area contributed by atoms with Gasteiger partial charge in [0.05, 0.1) is 5.56 Å². The van der Waals surface area contributed by atoms with Crippen LogP contribution < -0.4 is 10.6 Å². The van der Waals surface area contributed by atoms with Crippen LogP contribution in [0.4, 0.5) is 5.00 Å². The van der Waals surface area contributed by atoms with Gasteiger partial charge >= 0.3 is 0 Å². The van der Waals surface area contributed by atoms with Crippen LogP contribution in [0.3, 0.4) is 0 Å². The van der Waals surface area contributed by atoms with E-state index in [2.05, 4.69) is 24.5 Å². The van der Waals surface area contributed by atoms with Gasteiger partial charge in [0.25, 0.3) is 11.8 Å². The zero-order valence-corrected chi connectivity index (χ0v) is 17.3. The Morgan fingerprint density at radius 3 is 2.56 bits per heavy atom. The molecule has 1 fully saturated rings. The number of carbonyl (C=O) groups is 2. The summed E-state index contributed by atoms with van der Waals surface area (Å²) < 4.78 is 0. The van der Waals surface area contributed by atoms with Gasteiger partial charge in [-0.3, -0.25) is 9.59 Å². The Morgan fingerprint density at radius 2 is 1.85 bits per heavy atom. The number of amides is 2. The van der Waals surface area contributed by atoms with E-state index in [0.29, 0.717) is 28.6 Å². The van der Waals surface area contributed by atoms with Gasteiger partial charge in [-0.1, -0.05) is 26.0 Å². The number of rotatable bonds is 4. The van der Waals surface area contributed by atoms with Crippen molar-refractivity contribution in [3.05, 3.63) is 52.4 Å². The molecule has 0 atom stereocenters. The molecule has 1 aromatic carbocycles. The second-order valence-electron chi connectivity index (χ2n) is 6.79. The Bertz CT molecular complexity index is 766. The third-order valence-corrected chi connectivity index (χ3v) is 5.42. The summed E-state index contributed by atoms with van der Waals surface area (Å²) in [5, 5.41) is 8.67. The molecule has 27 heavy (non-hydrogen) atoms. The molecule has 1 aliphatic rings. The molecule has 0 spiro atoms. The van der Waals surface area contributed by atoms with Crippen LogP contribution in [0.25, 0.3) is 0 Å². The fourth-order valence-electron chi connectivity index (χ4n) is 2.99. The third kappa shape index (κ3) is 5.31. The highest BCUT2D eigenvalue weighted by atomic mass is 35.5. The van der Waals surface area contributed by atoms with Crippen LogP contribution in [0.15, 0.2) is 35.7 Å². The molecular weight excluding hydrogens is 382 g/mol. The highest BCUT2D eigenvalue weighted by Gasteiger charge is 2.22. The summed E-state index contributed by atoms with van der Waals surface area (Å²) in [6, 6.07) is 9.41. The van der Waals surface area contributed by atoms with Crippen molar-refractivity contribution in [2.24, 2.45) is 0 Å². The Morgan fingerprint density at radius 1 is 1.11 bits per heavy atom. The van der Waals surface area contributed by atoms with E-state index >= 15 is 0 Å². The minimum Gasteiger partial charge on any atom is -0.337 e. The number of hydrogen-bond acceptors (Lipinski definition) is 4. The van der Waals surface area contributed by atoms with Crippen molar-refractivity contribution < 1.29 is 9.59 Å². The largest absolute Gasteiger partial charge is 0.337 e. The fourth-order valence-corrected chi connectivity index (χ4v) is 3.76. The molecule has 1 aromatic heterocycles. The zero-order chi connectivity index (χ0) is 18.5. The topological polar surface area (TPSA) is 61.4 Å². The standard InChI is InChI=1S/C20H25N3O2S.ClH/c1-14(2)15-4-6-16(7-5-15)18(24)22-19-17(8-13-26-19)20(25)23-11-3-9-21-10-12-23;/h4-8,13-14,21H,3,9-12H2,1-2H3,(H,22,24);1H. The van der Waals surface area contributed by atoms with Gasteiger partial charge in [0.1, 0.15) is 5.00 Å². The summed E-state index contributed by atoms with van der Waals surface area (Å²) in [4.78, 5) is 27.2. The van der Waals surface area contributed by atoms with E-state index in [1.807, 2.05) is 34.5 Å². The van der Waals surface area contributed by atoms with Gasteiger partial charge in [-0.05, 0) is 48.0 Å². The molecule has 146 valence electrons. The molecule has 0 unspecified atom stereocenters. The normalized spacial score (nSPS) is 14.4. The number of nitrogens with zero attached hydrogens (tertiary/aromatic N) is 1. The summed E-state index contributed by atoms with van der Waals surface area (Å²) >= 11 is 1.38. The average Bonchev–Trinajstić information content (AvgIpc) is 2.92. The van der Waals surface area contributed by atoms with Crippen LogP contribution in [0, 0.1) is 0 Å². The van der Waals surface area contributed by atoms with Gasteiger partial charge in [-0.2, -0.15) is 0 Å². The van der Waals surface area contributed by atoms with Crippen molar-refractivity contribution in [3.8, 4) is 0 Å². The molecule has 0 aliphatic carbocycles. The van der Waals surface area contributed by atoms with Crippen LogP contribution in [0.5, 0.6) is 0 Å². The minimum absolute atomic E-state index is 0. The lowest BCUT2D eigenvalue weighted by atomic mass is 10.0. The predicted octanol–water partition coefficient (Wildman–Crippen LogP) is 3.98. The van der Waals surface area contributed by atoms with Crippen LogP contribution >= 0.6 is 23.7 Å². The predicted molar refractivity (Wildman–Crippen MR) is 113 cm³/mol. The number of anilines is 1. The van der Waals surface area contributed by atoms with Crippen molar-refractivity contribution in [3.63, 3.8) is 0 Å². The summed E-state index contributed by atoms with van der Waals surface area (Å²) in [5.41, 5.74) is 2.37. The SMILES string of the molecule is CC(C)c1ccc(C(=O)Nc2sccc2C(=O)N2CCCNCC2)cc1.Cl. The zero-order valence-electron chi connectivity index (χ0n) is 15.7. The van der Waals surface area contributed by atoms with Gasteiger partial charge in [-0.15, -0.1) is 23.7 Å². The molecular formula is C20H26ClN3O2S. The monoisotopic (exact) mass is 407 g/mol. The van der Waals surface area contributed by atoms with Gasteiger partial charge < -0.3 is 15.5 Å². The Labute approximate surface area is 170 Å². The quantitative estimate of drug-likeness (QED) is 0.805. The third-order valence-electron chi connectivity index (χ3n) is 4.59. The van der Waals surface area contributed by atoms with Crippen molar-refractivity contribution >= 4 is 40.6 Å². The van der Waals surface area contributed by atoms with E-state index in [9.17, 15) is 9.59 Å². The molecule has 1 saturated heterocycles. The molecule has 5 nitrogen and oxygen atoms in total. The van der Waals surface area contributed by atoms with Gasteiger partial charge in [0, 0.05) is 25.2 Å². The second-order valence-corrected chi connectivity index (χ2v) is 7.71. The Kier molecular flexibility index (Phi) is 7.83. The van der Waals surface area contributed by atoms with Gasteiger partial charge in [-0.25, -0.2) is 0 Å². The molecule has 2 N–H and O–H groups in total. The van der Waals surface area contributed by atoms with E-state index in [1.165, 1.54) is 16.9 Å². The molecule has 2 aromatic rings. The van der Waals surface area contributed by atoms with E-state index < -0.39 is 0 Å². The molecule has 2 heterocycles. The smallest absolute Gasteiger partial charge is 0.256 e. The fraction of sp³-hybridized carbons (Fsp3) is 0.400. The molecule has 0 bridgehead atoms. The van der Waals surface area contributed by atoms with E-state index in [4.69, 9.17) is 0 Å². The molecule has 1 aliphatic heterocycles. The maximum Gasteiger partial charge on any atom is 0.256 e. The number of hydrogen-bond donors (Lipinski definition) is 2. The van der Waals surface area contributed by atoms with Crippen molar-refractivity contribution in [1.29, 1.82) is 0 Å². The van der Waals surface area contributed by atoms with E-state index in [0.717, 1.165) is 26.1 Å². The first-order valence-corrected chi connectivity index (χ1v) is 9.93. The maximum atomic E-state index is 12.8. The first-order chi connectivity index (χ1) is 12.6. The van der Waals surface area contributed by atoms with Crippen molar-refractivity contribution in [1.82, 2.24) is 10.2 Å². The van der Waals surface area contributed by atoms with Gasteiger partial charge in [0.2, 0.25) is 0 Å². The lowest BCUT2D eigenvalue weighted by Gasteiger charge is -2.20. The lowest BCUT2D eigenvalue weighted by Crippen LogP contribution is -2.34. The van der Waals surface area contributed by atoms with E-state index in [1.54, 1.807) is 6.07 Å². The summed E-state index contributed by atoms with van der Waals surface area (Å²) in [6.45, 7) is 7.42. The molecule has 3 rings (SSSR count). The lowest BCUT2D eigenvalue weighted by molar-refractivity contribution is 0.0768. The first kappa shape index (κ1) is 21.4. The summed E-state index contributed by atoms with van der Waals surface area (Å²) in [5.74, 6) is 0.228. The highest BCUT2D eigenvalue weighted by molar-refractivity contribution is 7.14. The number of halogens is 1. The van der Waals surface area contributed by atoms with Crippen molar-refractivity contribution in [2.75, 3.05) is 31.5 Å². The molecule has 7 heteroatoms. The number of nitrogens with one attached hydrogen (secondary N) is 2. The molecule has 0 radical (unpaired) electrons. The van der Waals surface area contributed by atoms with Gasteiger partial charge in [0.15, 0.2) is 0 Å². The maximum absolute atomic E-state index is 12.8. The summed E-state index contributed by atoms with van der Waals surface area (Å²) in [7, 11) is 0. The van der Waals surface area contributed by atoms with E-state index in [-0.39, 0.29) is 24.2 Å². The van der Waals surface area contributed by atoms with Crippen LogP contribution in [0.1, 0.15) is 52.5 Å². The van der Waals surface area contributed by atoms with Crippen LogP contribution in [0.2, 0.25) is 0 Å². The Hall–Kier alpha value is -1.89. The van der Waals surface area contributed by atoms with Crippen LogP contribution in [-0.4, -0.2) is 42.9 Å². The number of carbonyl (C=O) groups excluding carboxylic acids is 2. The average molecular weight is 408 g/mol.